The second kappa shape index (κ2) is 8.60. The molecule has 7 heteroatoms. The first-order valence-corrected chi connectivity index (χ1v) is 10.9. The van der Waals surface area contributed by atoms with Gasteiger partial charge in [0, 0.05) is 15.4 Å². The van der Waals surface area contributed by atoms with Gasteiger partial charge in [0.15, 0.2) is 0 Å². The quantitative estimate of drug-likeness (QED) is 0.199. The number of aromatic nitrogens is 1. The molecule has 4 aromatic rings. The lowest BCUT2D eigenvalue weighted by atomic mass is 10.2. The van der Waals surface area contributed by atoms with E-state index in [1.165, 1.54) is 22.4 Å². The zero-order valence-electron chi connectivity index (χ0n) is 14.5. The standard InChI is InChI=1S/C21H14BrN3OS2/c22-16-8-10-18-19(13-16)28-21(24-18)25(23-14-15-5-2-1-3-6-15)20(26)11-9-17-7-4-12-27-17/h1-14H/b11-9+,23-14+. The molecule has 0 atom stereocenters. The Bertz CT molecular complexity index is 1150. The molecule has 0 spiro atoms. The summed E-state index contributed by atoms with van der Waals surface area (Å²) in [5.41, 5.74) is 1.74. The minimum atomic E-state index is -0.251. The van der Waals surface area contributed by atoms with Gasteiger partial charge in [0.25, 0.3) is 5.91 Å². The van der Waals surface area contributed by atoms with E-state index in [1.54, 1.807) is 23.6 Å². The lowest BCUT2D eigenvalue weighted by Gasteiger charge is -2.11. The normalized spacial score (nSPS) is 11.6. The molecule has 0 aliphatic heterocycles. The second-order valence-electron chi connectivity index (χ2n) is 5.76. The highest BCUT2D eigenvalue weighted by Crippen LogP contribution is 2.31. The fourth-order valence-electron chi connectivity index (χ4n) is 2.45. The van der Waals surface area contributed by atoms with Gasteiger partial charge < -0.3 is 0 Å². The second-order valence-corrected chi connectivity index (χ2v) is 8.67. The third-order valence-electron chi connectivity index (χ3n) is 3.78. The zero-order valence-corrected chi connectivity index (χ0v) is 17.7. The molecule has 0 unspecified atom stereocenters. The van der Waals surface area contributed by atoms with E-state index in [4.69, 9.17) is 0 Å². The highest BCUT2D eigenvalue weighted by Gasteiger charge is 2.17. The van der Waals surface area contributed by atoms with Crippen molar-refractivity contribution >= 4 is 72.1 Å². The number of hydrogen-bond donors (Lipinski definition) is 0. The number of carbonyl (C=O) groups excluding carboxylic acids is 1. The average molecular weight is 468 g/mol. The maximum absolute atomic E-state index is 12.9. The number of thiazole rings is 1. The van der Waals surface area contributed by atoms with Crippen LogP contribution in [-0.2, 0) is 4.79 Å². The fraction of sp³-hybridized carbons (Fsp3) is 0. The van der Waals surface area contributed by atoms with Gasteiger partial charge in [-0.2, -0.15) is 10.1 Å². The Hall–Kier alpha value is -2.61. The molecule has 4 rings (SSSR count). The molecule has 0 saturated heterocycles. The number of thiophene rings is 1. The summed E-state index contributed by atoms with van der Waals surface area (Å²) in [6.07, 6.45) is 4.98. The molecule has 0 saturated carbocycles. The molecule has 0 bridgehead atoms. The molecule has 0 radical (unpaired) electrons. The van der Waals surface area contributed by atoms with E-state index in [9.17, 15) is 4.79 Å². The Balaban J connectivity index is 1.69. The number of fused-ring (bicyclic) bond motifs is 1. The number of amides is 1. The van der Waals surface area contributed by atoms with Crippen LogP contribution in [0.5, 0.6) is 0 Å². The molecule has 1 amide bonds. The highest BCUT2D eigenvalue weighted by molar-refractivity contribution is 9.10. The summed E-state index contributed by atoms with van der Waals surface area (Å²) in [4.78, 5) is 18.5. The molecular weight excluding hydrogens is 454 g/mol. The van der Waals surface area contributed by atoms with Crippen LogP contribution < -0.4 is 5.01 Å². The van der Waals surface area contributed by atoms with E-state index in [1.807, 2.05) is 66.0 Å². The van der Waals surface area contributed by atoms with Gasteiger partial charge in [-0.25, -0.2) is 4.98 Å². The van der Waals surface area contributed by atoms with Crippen molar-refractivity contribution in [2.24, 2.45) is 5.10 Å². The van der Waals surface area contributed by atoms with Crippen molar-refractivity contribution in [3.05, 3.63) is 87.0 Å². The summed E-state index contributed by atoms with van der Waals surface area (Å²) < 4.78 is 1.96. The number of carbonyl (C=O) groups is 1. The maximum Gasteiger partial charge on any atom is 0.273 e. The first-order chi connectivity index (χ1) is 13.7. The third-order valence-corrected chi connectivity index (χ3v) is 6.11. The van der Waals surface area contributed by atoms with Crippen LogP contribution in [0.2, 0.25) is 0 Å². The maximum atomic E-state index is 12.9. The van der Waals surface area contributed by atoms with Crippen molar-refractivity contribution < 1.29 is 4.79 Å². The van der Waals surface area contributed by atoms with Gasteiger partial charge in [0.2, 0.25) is 5.13 Å². The van der Waals surface area contributed by atoms with Crippen molar-refractivity contribution in [1.29, 1.82) is 0 Å². The molecular formula is C21H14BrN3OS2. The summed E-state index contributed by atoms with van der Waals surface area (Å²) in [5.74, 6) is -0.251. The van der Waals surface area contributed by atoms with Crippen LogP contribution in [0.3, 0.4) is 0 Å². The molecule has 138 valence electrons. The Kier molecular flexibility index (Phi) is 5.76. The molecule has 28 heavy (non-hydrogen) atoms. The van der Waals surface area contributed by atoms with Gasteiger partial charge in [-0.05, 0) is 41.3 Å². The molecule has 0 aliphatic rings. The van der Waals surface area contributed by atoms with Crippen LogP contribution >= 0.6 is 38.6 Å². The van der Waals surface area contributed by atoms with E-state index < -0.39 is 0 Å². The van der Waals surface area contributed by atoms with Gasteiger partial charge in [0.1, 0.15) is 0 Å². The number of halogens is 1. The van der Waals surface area contributed by atoms with Gasteiger partial charge in [0.05, 0.1) is 16.4 Å². The van der Waals surface area contributed by atoms with Crippen LogP contribution in [0.25, 0.3) is 16.3 Å². The van der Waals surface area contributed by atoms with Crippen LogP contribution in [0.15, 0.2) is 81.7 Å². The smallest absolute Gasteiger partial charge is 0.267 e. The van der Waals surface area contributed by atoms with Crippen molar-refractivity contribution in [3.8, 4) is 0 Å². The molecule has 2 heterocycles. The number of hydrogen-bond acceptors (Lipinski definition) is 5. The van der Waals surface area contributed by atoms with E-state index in [2.05, 4.69) is 26.0 Å². The predicted octanol–water partition coefficient (Wildman–Crippen LogP) is 6.20. The summed E-state index contributed by atoms with van der Waals surface area (Å²) in [6, 6.07) is 19.4. The van der Waals surface area contributed by atoms with Crippen LogP contribution in [-0.4, -0.2) is 17.1 Å². The summed E-state index contributed by atoms with van der Waals surface area (Å²) in [5, 5.41) is 8.27. The third kappa shape index (κ3) is 4.44. The number of rotatable bonds is 5. The monoisotopic (exact) mass is 467 g/mol. The van der Waals surface area contributed by atoms with Crippen LogP contribution in [0, 0.1) is 0 Å². The lowest BCUT2D eigenvalue weighted by Crippen LogP contribution is -2.23. The molecule has 0 N–H and O–H groups in total. The van der Waals surface area contributed by atoms with E-state index in [-0.39, 0.29) is 5.91 Å². The molecule has 4 nitrogen and oxygen atoms in total. The first kappa shape index (κ1) is 18.7. The minimum absolute atomic E-state index is 0.251. The van der Waals surface area contributed by atoms with E-state index in [0.29, 0.717) is 5.13 Å². The first-order valence-electron chi connectivity index (χ1n) is 8.40. The van der Waals surface area contributed by atoms with Crippen molar-refractivity contribution in [2.45, 2.75) is 0 Å². The Labute approximate surface area is 178 Å². The lowest BCUT2D eigenvalue weighted by molar-refractivity contribution is -0.114. The number of anilines is 1. The topological polar surface area (TPSA) is 45.6 Å². The molecule has 2 aromatic heterocycles. The van der Waals surface area contributed by atoms with Crippen molar-refractivity contribution in [3.63, 3.8) is 0 Å². The summed E-state index contributed by atoms with van der Waals surface area (Å²) >= 11 is 6.47. The summed E-state index contributed by atoms with van der Waals surface area (Å²) in [7, 11) is 0. The van der Waals surface area contributed by atoms with E-state index in [0.717, 1.165) is 25.1 Å². The molecule has 0 aliphatic carbocycles. The van der Waals surface area contributed by atoms with Gasteiger partial charge in [-0.1, -0.05) is 63.7 Å². The average Bonchev–Trinajstić information content (AvgIpc) is 3.36. The fourth-order valence-corrected chi connectivity index (χ4v) is 4.55. The van der Waals surface area contributed by atoms with Crippen LogP contribution in [0.1, 0.15) is 10.4 Å². The summed E-state index contributed by atoms with van der Waals surface area (Å²) in [6.45, 7) is 0. The van der Waals surface area contributed by atoms with Gasteiger partial charge >= 0.3 is 0 Å². The largest absolute Gasteiger partial charge is 0.273 e. The highest BCUT2D eigenvalue weighted by atomic mass is 79.9. The predicted molar refractivity (Wildman–Crippen MR) is 122 cm³/mol. The Morgan fingerprint density at radius 3 is 2.75 bits per heavy atom. The molecule has 0 fully saturated rings. The SMILES string of the molecule is O=C(/C=C/c1cccs1)N(/N=C/c1ccccc1)c1nc2ccc(Br)cc2s1. The van der Waals surface area contributed by atoms with E-state index >= 15 is 0 Å². The number of hydrazone groups is 1. The number of nitrogens with zero attached hydrogens (tertiary/aromatic N) is 3. The Morgan fingerprint density at radius 2 is 1.96 bits per heavy atom. The van der Waals surface area contributed by atoms with Crippen molar-refractivity contribution in [2.75, 3.05) is 5.01 Å². The Morgan fingerprint density at radius 1 is 1.11 bits per heavy atom. The number of benzene rings is 2. The minimum Gasteiger partial charge on any atom is -0.267 e. The van der Waals surface area contributed by atoms with Gasteiger partial charge in [-0.15, -0.1) is 11.3 Å². The van der Waals surface area contributed by atoms with Gasteiger partial charge in [-0.3, -0.25) is 4.79 Å². The zero-order chi connectivity index (χ0) is 19.3. The van der Waals surface area contributed by atoms with Crippen molar-refractivity contribution in [1.82, 2.24) is 4.98 Å². The van der Waals surface area contributed by atoms with Crippen LogP contribution in [0.4, 0.5) is 5.13 Å². The molecule has 2 aromatic carbocycles.